The highest BCUT2D eigenvalue weighted by Crippen LogP contribution is 2.37. The van der Waals surface area contributed by atoms with Gasteiger partial charge in [-0.3, -0.25) is 0 Å². The van der Waals surface area contributed by atoms with Gasteiger partial charge in [0.25, 0.3) is 0 Å². The Labute approximate surface area is 80.9 Å². The van der Waals surface area contributed by atoms with Crippen molar-refractivity contribution in [3.8, 4) is 0 Å². The number of aliphatic hydroxyl groups excluding tert-OH is 1. The average Bonchev–Trinajstić information content (AvgIpc) is 2.58. The zero-order valence-corrected chi connectivity index (χ0v) is 7.65. The van der Waals surface area contributed by atoms with Crippen LogP contribution in [-0.4, -0.2) is 35.2 Å². The third-order valence-corrected chi connectivity index (χ3v) is 2.61. The first-order valence-electron chi connectivity index (χ1n) is 4.55. The number of hydrogen-bond acceptors (Lipinski definition) is 4. The minimum absolute atomic E-state index is 0.0122. The highest BCUT2D eigenvalue weighted by atomic mass is 16.7. The van der Waals surface area contributed by atoms with Crippen molar-refractivity contribution in [2.45, 2.75) is 25.0 Å². The van der Waals surface area contributed by atoms with Gasteiger partial charge >= 0.3 is 5.97 Å². The highest BCUT2D eigenvalue weighted by molar-refractivity contribution is 5.87. The Hall–Kier alpha value is -1.07. The topological polar surface area (TPSA) is 76.0 Å². The van der Waals surface area contributed by atoms with Gasteiger partial charge in [0.1, 0.15) is 5.76 Å². The minimum Gasteiger partial charge on any atom is -0.512 e. The van der Waals surface area contributed by atoms with Crippen molar-refractivity contribution in [3.63, 3.8) is 0 Å². The first kappa shape index (κ1) is 9.48. The molecule has 1 aliphatic carbocycles. The average molecular weight is 200 g/mol. The Morgan fingerprint density at radius 1 is 1.36 bits per heavy atom. The van der Waals surface area contributed by atoms with E-state index in [2.05, 4.69) is 0 Å². The molecule has 2 aliphatic rings. The largest absolute Gasteiger partial charge is 0.512 e. The summed E-state index contributed by atoms with van der Waals surface area (Å²) in [6, 6.07) is 0. The summed E-state index contributed by atoms with van der Waals surface area (Å²) in [5.74, 6) is -1.94. The summed E-state index contributed by atoms with van der Waals surface area (Å²) in [5.41, 5.74) is 0.0122. The first-order valence-corrected chi connectivity index (χ1v) is 4.55. The van der Waals surface area contributed by atoms with E-state index in [1.807, 2.05) is 0 Å². The van der Waals surface area contributed by atoms with E-state index in [0.717, 1.165) is 0 Å². The first-order chi connectivity index (χ1) is 6.63. The lowest BCUT2D eigenvalue weighted by atomic mass is 9.92. The number of aliphatic hydroxyl groups is 1. The van der Waals surface area contributed by atoms with Crippen LogP contribution in [0.5, 0.6) is 0 Å². The third-order valence-electron chi connectivity index (χ3n) is 2.61. The molecule has 0 aromatic rings. The van der Waals surface area contributed by atoms with E-state index in [4.69, 9.17) is 14.6 Å². The smallest absolute Gasteiger partial charge is 0.335 e. The second-order valence-corrected chi connectivity index (χ2v) is 3.51. The quantitative estimate of drug-likeness (QED) is 0.655. The fraction of sp³-hybridized carbons (Fsp3) is 0.667. The number of carbonyl (C=O) groups is 1. The van der Waals surface area contributed by atoms with E-state index in [1.54, 1.807) is 0 Å². The van der Waals surface area contributed by atoms with E-state index in [1.165, 1.54) is 0 Å². The SMILES string of the molecule is O=C(O)C1=C(O)CCC2(C1)OCCO2. The number of carboxylic acid groups (broad SMARTS) is 1. The summed E-state index contributed by atoms with van der Waals surface area (Å²) in [7, 11) is 0. The van der Waals surface area contributed by atoms with Crippen LogP contribution in [0.4, 0.5) is 0 Å². The molecule has 0 radical (unpaired) electrons. The van der Waals surface area contributed by atoms with E-state index < -0.39 is 11.8 Å². The molecule has 0 unspecified atom stereocenters. The van der Waals surface area contributed by atoms with Crippen LogP contribution < -0.4 is 0 Å². The molecule has 0 aromatic heterocycles. The predicted octanol–water partition coefficient (Wildman–Crippen LogP) is 0.810. The summed E-state index contributed by atoms with van der Waals surface area (Å²) >= 11 is 0. The van der Waals surface area contributed by atoms with Crippen LogP contribution in [-0.2, 0) is 14.3 Å². The molecular weight excluding hydrogens is 188 g/mol. The molecule has 1 spiro atoms. The van der Waals surface area contributed by atoms with Crippen molar-refractivity contribution in [1.82, 2.24) is 0 Å². The van der Waals surface area contributed by atoms with Crippen molar-refractivity contribution in [2.24, 2.45) is 0 Å². The minimum atomic E-state index is -1.10. The number of allylic oxidation sites excluding steroid dienone is 1. The van der Waals surface area contributed by atoms with Crippen LogP contribution in [0.25, 0.3) is 0 Å². The Morgan fingerprint density at radius 3 is 2.57 bits per heavy atom. The number of ether oxygens (including phenoxy) is 2. The molecule has 14 heavy (non-hydrogen) atoms. The molecule has 1 aliphatic heterocycles. The van der Waals surface area contributed by atoms with Gasteiger partial charge in [-0.2, -0.15) is 0 Å². The molecule has 1 fully saturated rings. The molecule has 1 heterocycles. The fourth-order valence-corrected chi connectivity index (χ4v) is 1.86. The van der Waals surface area contributed by atoms with Gasteiger partial charge < -0.3 is 19.7 Å². The molecule has 0 amide bonds. The number of carboxylic acids is 1. The van der Waals surface area contributed by atoms with Crippen molar-refractivity contribution in [1.29, 1.82) is 0 Å². The van der Waals surface area contributed by atoms with Crippen molar-refractivity contribution < 1.29 is 24.5 Å². The number of hydrogen-bond donors (Lipinski definition) is 2. The van der Waals surface area contributed by atoms with Gasteiger partial charge in [-0.25, -0.2) is 4.79 Å². The fourth-order valence-electron chi connectivity index (χ4n) is 1.86. The normalized spacial score (nSPS) is 25.7. The monoisotopic (exact) mass is 200 g/mol. The van der Waals surface area contributed by atoms with Gasteiger partial charge in [0.2, 0.25) is 0 Å². The van der Waals surface area contributed by atoms with Crippen molar-refractivity contribution in [3.05, 3.63) is 11.3 Å². The van der Waals surface area contributed by atoms with Gasteiger partial charge in [-0.15, -0.1) is 0 Å². The highest BCUT2D eigenvalue weighted by Gasteiger charge is 2.42. The summed E-state index contributed by atoms with van der Waals surface area (Å²) in [4.78, 5) is 10.8. The number of rotatable bonds is 1. The second-order valence-electron chi connectivity index (χ2n) is 3.51. The van der Waals surface area contributed by atoms with Crippen LogP contribution in [0.3, 0.4) is 0 Å². The lowest BCUT2D eigenvalue weighted by Crippen LogP contribution is -2.35. The van der Waals surface area contributed by atoms with Crippen LogP contribution in [0.1, 0.15) is 19.3 Å². The molecule has 5 nitrogen and oxygen atoms in total. The molecule has 0 bridgehead atoms. The van der Waals surface area contributed by atoms with Crippen LogP contribution in [0.2, 0.25) is 0 Å². The molecule has 1 saturated heterocycles. The molecular formula is C9H12O5. The van der Waals surface area contributed by atoms with E-state index in [-0.39, 0.29) is 17.8 Å². The molecule has 0 saturated carbocycles. The Kier molecular flexibility index (Phi) is 2.20. The van der Waals surface area contributed by atoms with Gasteiger partial charge in [0, 0.05) is 19.3 Å². The zero-order chi connectivity index (χ0) is 10.2. The summed E-state index contributed by atoms with van der Waals surface area (Å²) in [6.07, 6.45) is 0.964. The molecule has 0 atom stereocenters. The van der Waals surface area contributed by atoms with E-state index >= 15 is 0 Å². The van der Waals surface area contributed by atoms with Gasteiger partial charge in [0.15, 0.2) is 5.79 Å². The van der Waals surface area contributed by atoms with Crippen LogP contribution in [0, 0.1) is 0 Å². The molecule has 5 heteroatoms. The zero-order valence-electron chi connectivity index (χ0n) is 7.65. The van der Waals surface area contributed by atoms with E-state index in [0.29, 0.717) is 26.1 Å². The standard InChI is InChI=1S/C9H12O5/c10-7-1-2-9(13-3-4-14-9)5-6(7)8(11)12/h10H,1-5H2,(H,11,12). The van der Waals surface area contributed by atoms with Crippen LogP contribution in [0.15, 0.2) is 11.3 Å². The summed E-state index contributed by atoms with van der Waals surface area (Å²) in [6.45, 7) is 0.987. The van der Waals surface area contributed by atoms with Crippen molar-refractivity contribution >= 4 is 5.97 Å². The summed E-state index contributed by atoms with van der Waals surface area (Å²) in [5, 5.41) is 18.2. The molecule has 2 N–H and O–H groups in total. The lowest BCUT2D eigenvalue weighted by molar-refractivity contribution is -0.169. The van der Waals surface area contributed by atoms with Gasteiger partial charge in [-0.1, -0.05) is 0 Å². The Bertz CT molecular complexity index is 288. The maximum atomic E-state index is 10.8. The van der Waals surface area contributed by atoms with Gasteiger partial charge in [0.05, 0.1) is 18.8 Å². The molecule has 0 aromatic carbocycles. The second kappa shape index (κ2) is 3.25. The van der Waals surface area contributed by atoms with Crippen molar-refractivity contribution in [2.75, 3.05) is 13.2 Å². The van der Waals surface area contributed by atoms with Gasteiger partial charge in [-0.05, 0) is 0 Å². The Morgan fingerprint density at radius 2 is 2.00 bits per heavy atom. The Balaban J connectivity index is 2.20. The lowest BCUT2D eigenvalue weighted by Gasteiger charge is -2.31. The van der Waals surface area contributed by atoms with E-state index in [9.17, 15) is 9.90 Å². The molecule has 2 rings (SSSR count). The third kappa shape index (κ3) is 1.49. The molecule has 78 valence electrons. The maximum absolute atomic E-state index is 10.8. The summed E-state index contributed by atoms with van der Waals surface area (Å²) < 4.78 is 10.8. The number of aliphatic carboxylic acids is 1. The predicted molar refractivity (Wildman–Crippen MR) is 45.8 cm³/mol. The van der Waals surface area contributed by atoms with Crippen LogP contribution >= 0.6 is 0 Å². The maximum Gasteiger partial charge on any atom is 0.335 e.